The van der Waals surface area contributed by atoms with Gasteiger partial charge in [-0.1, -0.05) is 18.2 Å². The van der Waals surface area contributed by atoms with Crippen molar-refractivity contribution in [3.63, 3.8) is 0 Å². The number of carbonyl (C=O) groups is 2. The van der Waals surface area contributed by atoms with E-state index >= 15 is 0 Å². The quantitative estimate of drug-likeness (QED) is 0.569. The van der Waals surface area contributed by atoms with Crippen LogP contribution in [-0.2, 0) is 0 Å². The van der Waals surface area contributed by atoms with Crippen LogP contribution in [0.5, 0.6) is 5.75 Å². The molecule has 4 heterocycles. The summed E-state index contributed by atoms with van der Waals surface area (Å²) >= 11 is 2.75. The molecule has 32 heavy (non-hydrogen) atoms. The summed E-state index contributed by atoms with van der Waals surface area (Å²) in [6, 6.07) is 10.9. The maximum absolute atomic E-state index is 13.2. The molecule has 5 rings (SSSR count). The maximum atomic E-state index is 13.2. The fraction of sp³-hybridized carbons (Fsp3) is 0.348. The summed E-state index contributed by atoms with van der Waals surface area (Å²) in [7, 11) is 0. The van der Waals surface area contributed by atoms with Crippen LogP contribution < -0.4 is 9.64 Å². The number of hydrogen-bond acceptors (Lipinski definition) is 8. The van der Waals surface area contributed by atoms with Crippen LogP contribution in [-0.4, -0.2) is 59.0 Å². The Morgan fingerprint density at radius 2 is 2.12 bits per heavy atom. The van der Waals surface area contributed by atoms with Gasteiger partial charge in [0.25, 0.3) is 5.91 Å². The van der Waals surface area contributed by atoms with Crippen LogP contribution in [0.25, 0.3) is 0 Å². The zero-order valence-electron chi connectivity index (χ0n) is 17.3. The highest BCUT2D eigenvalue weighted by Gasteiger charge is 2.36. The van der Waals surface area contributed by atoms with Gasteiger partial charge in [-0.2, -0.15) is 0 Å². The first-order valence-corrected chi connectivity index (χ1v) is 12.4. The smallest absolute Gasteiger partial charge is 0.270 e. The van der Waals surface area contributed by atoms with Crippen LogP contribution >= 0.6 is 22.7 Å². The lowest BCUT2D eigenvalue weighted by atomic mass is 10.1. The van der Waals surface area contributed by atoms with Crippen molar-refractivity contribution in [2.75, 3.05) is 31.1 Å². The van der Waals surface area contributed by atoms with Crippen molar-refractivity contribution in [3.8, 4) is 5.75 Å². The third-order valence-corrected chi connectivity index (χ3v) is 7.47. The first-order valence-electron chi connectivity index (χ1n) is 10.6. The number of rotatable bonds is 7. The van der Waals surface area contributed by atoms with Crippen LogP contribution in [0.4, 0.5) is 5.13 Å². The number of aromatic nitrogens is 1. The Morgan fingerprint density at radius 3 is 2.88 bits per heavy atom. The van der Waals surface area contributed by atoms with Crippen molar-refractivity contribution >= 4 is 39.5 Å². The molecule has 0 spiro atoms. The van der Waals surface area contributed by atoms with E-state index in [0.717, 1.165) is 25.9 Å². The van der Waals surface area contributed by atoms with Gasteiger partial charge in [0, 0.05) is 25.0 Å². The first-order chi connectivity index (χ1) is 15.6. The van der Waals surface area contributed by atoms with E-state index in [4.69, 9.17) is 4.74 Å². The number of carbonyl (C=O) groups excluding carboxylic acids is 2. The number of aliphatic hydroxyl groups excluding tert-OH is 1. The molecule has 1 N–H and O–H groups in total. The summed E-state index contributed by atoms with van der Waals surface area (Å²) in [6.45, 7) is 2.88. The molecule has 2 aliphatic heterocycles. The number of aliphatic hydroxyl groups is 1. The predicted molar refractivity (Wildman–Crippen MR) is 124 cm³/mol. The lowest BCUT2D eigenvalue weighted by molar-refractivity contribution is 0.0854. The SMILES string of the molecule is O=C1c2ccccc2OC1c1csc(N(CCCN2CCC(O)C2)C(=O)c2cccs2)n1. The number of para-hydroxylation sites is 1. The fourth-order valence-electron chi connectivity index (χ4n) is 4.10. The summed E-state index contributed by atoms with van der Waals surface area (Å²) in [5, 5.41) is 14.0. The average molecular weight is 470 g/mol. The van der Waals surface area contributed by atoms with E-state index in [1.807, 2.05) is 29.6 Å². The predicted octanol–water partition coefficient (Wildman–Crippen LogP) is 3.62. The van der Waals surface area contributed by atoms with Crippen LogP contribution in [0.15, 0.2) is 47.2 Å². The zero-order chi connectivity index (χ0) is 22.1. The number of Topliss-reactive ketones (excluding diaryl/α,β-unsaturated/α-hetero) is 1. The van der Waals surface area contributed by atoms with Gasteiger partial charge in [-0.3, -0.25) is 14.5 Å². The first kappa shape index (κ1) is 21.3. The number of fused-ring (bicyclic) bond motifs is 1. The molecule has 0 radical (unpaired) electrons. The van der Waals surface area contributed by atoms with Gasteiger partial charge in [0.1, 0.15) is 11.4 Å². The number of anilines is 1. The second-order valence-corrected chi connectivity index (χ2v) is 9.73. The van der Waals surface area contributed by atoms with Crippen molar-refractivity contribution in [2.24, 2.45) is 0 Å². The fourth-order valence-corrected chi connectivity index (χ4v) is 5.63. The Kier molecular flexibility index (Phi) is 6.05. The topological polar surface area (TPSA) is 83.0 Å². The zero-order valence-corrected chi connectivity index (χ0v) is 19.0. The van der Waals surface area contributed by atoms with Gasteiger partial charge in [-0.15, -0.1) is 22.7 Å². The highest BCUT2D eigenvalue weighted by Crippen LogP contribution is 2.38. The monoisotopic (exact) mass is 469 g/mol. The van der Waals surface area contributed by atoms with Gasteiger partial charge in [-0.05, 0) is 43.0 Å². The van der Waals surface area contributed by atoms with Crippen molar-refractivity contribution in [1.29, 1.82) is 0 Å². The minimum absolute atomic E-state index is 0.0932. The van der Waals surface area contributed by atoms with E-state index in [0.29, 0.717) is 40.1 Å². The minimum atomic E-state index is -0.776. The highest BCUT2D eigenvalue weighted by atomic mass is 32.1. The summed E-state index contributed by atoms with van der Waals surface area (Å²) in [5.74, 6) is 0.363. The van der Waals surface area contributed by atoms with E-state index in [1.165, 1.54) is 22.7 Å². The molecule has 166 valence electrons. The van der Waals surface area contributed by atoms with Crippen LogP contribution in [0.1, 0.15) is 44.7 Å². The molecule has 2 aliphatic rings. The molecule has 3 aromatic rings. The number of thiophene rings is 1. The Bertz CT molecular complexity index is 1110. The van der Waals surface area contributed by atoms with Gasteiger partial charge < -0.3 is 14.7 Å². The van der Waals surface area contributed by atoms with Crippen molar-refractivity contribution in [1.82, 2.24) is 9.88 Å². The number of β-amino-alcohol motifs (C(OH)–C–C–N with tert-alkyl or cyclic N) is 1. The number of ketones is 1. The molecule has 1 aromatic carbocycles. The number of hydrogen-bond donors (Lipinski definition) is 1. The second-order valence-electron chi connectivity index (χ2n) is 7.94. The number of amides is 1. The van der Waals surface area contributed by atoms with Gasteiger partial charge in [0.2, 0.25) is 11.9 Å². The molecule has 2 atom stereocenters. The summed E-state index contributed by atoms with van der Waals surface area (Å²) < 4.78 is 5.85. The molecule has 0 saturated carbocycles. The summed E-state index contributed by atoms with van der Waals surface area (Å²) in [4.78, 5) is 35.2. The Hall–Kier alpha value is -2.59. The summed E-state index contributed by atoms with van der Waals surface area (Å²) in [6.07, 6.45) is 0.532. The summed E-state index contributed by atoms with van der Waals surface area (Å²) in [5.41, 5.74) is 1.09. The Labute approximate surface area is 193 Å². The standard InChI is InChI=1S/C23H23N3O4S2/c27-15-8-11-25(13-15)9-4-10-26(22(29)19-7-3-12-31-19)23-24-17(14-32-23)21-20(28)16-5-1-2-6-18(16)30-21/h1-3,5-7,12,14-15,21,27H,4,8-11,13H2. The van der Waals surface area contributed by atoms with E-state index in [1.54, 1.807) is 22.4 Å². The lowest BCUT2D eigenvalue weighted by Gasteiger charge is -2.21. The normalized spacial score (nSPS) is 20.3. The van der Waals surface area contributed by atoms with Gasteiger partial charge in [-0.25, -0.2) is 4.98 Å². The third kappa shape index (κ3) is 4.21. The van der Waals surface area contributed by atoms with Crippen LogP contribution in [0.2, 0.25) is 0 Å². The Morgan fingerprint density at radius 1 is 1.25 bits per heavy atom. The van der Waals surface area contributed by atoms with Gasteiger partial charge >= 0.3 is 0 Å². The molecule has 7 nitrogen and oxygen atoms in total. The lowest BCUT2D eigenvalue weighted by Crippen LogP contribution is -2.34. The van der Waals surface area contributed by atoms with Crippen LogP contribution in [0, 0.1) is 0 Å². The number of thiazole rings is 1. The molecule has 1 amide bonds. The van der Waals surface area contributed by atoms with E-state index in [-0.39, 0.29) is 17.8 Å². The van der Waals surface area contributed by atoms with E-state index in [9.17, 15) is 14.7 Å². The number of likely N-dealkylation sites (tertiary alicyclic amines) is 1. The molecular weight excluding hydrogens is 446 g/mol. The maximum Gasteiger partial charge on any atom is 0.270 e. The van der Waals surface area contributed by atoms with Crippen molar-refractivity contribution in [3.05, 3.63) is 63.3 Å². The van der Waals surface area contributed by atoms with Crippen LogP contribution in [0.3, 0.4) is 0 Å². The van der Waals surface area contributed by atoms with E-state index in [2.05, 4.69) is 9.88 Å². The van der Waals surface area contributed by atoms with E-state index < -0.39 is 6.10 Å². The largest absolute Gasteiger partial charge is 0.475 e. The molecule has 2 aromatic heterocycles. The molecule has 0 aliphatic carbocycles. The van der Waals surface area contributed by atoms with Crippen molar-refractivity contribution < 1.29 is 19.4 Å². The molecule has 0 bridgehead atoms. The van der Waals surface area contributed by atoms with Gasteiger partial charge in [0.05, 0.1) is 16.5 Å². The molecule has 1 saturated heterocycles. The molecular formula is C23H23N3O4S2. The van der Waals surface area contributed by atoms with Gasteiger partial charge in [0.15, 0.2) is 5.13 Å². The number of nitrogens with zero attached hydrogens (tertiary/aromatic N) is 3. The third-order valence-electron chi connectivity index (χ3n) is 5.73. The minimum Gasteiger partial charge on any atom is -0.475 e. The second kappa shape index (κ2) is 9.11. The number of benzene rings is 1. The number of ether oxygens (including phenoxy) is 1. The molecule has 2 unspecified atom stereocenters. The van der Waals surface area contributed by atoms with Crippen molar-refractivity contribution in [2.45, 2.75) is 25.0 Å². The molecule has 1 fully saturated rings. The molecule has 9 heteroatoms. The Balaban J connectivity index is 1.33. The highest BCUT2D eigenvalue weighted by molar-refractivity contribution is 7.14. The average Bonchev–Trinajstić information content (AvgIpc) is 3.59.